The van der Waals surface area contributed by atoms with Gasteiger partial charge in [-0.05, 0) is 18.3 Å². The van der Waals surface area contributed by atoms with Gasteiger partial charge in [-0.3, -0.25) is 0 Å². The molecule has 0 aliphatic heterocycles. The maximum Gasteiger partial charge on any atom is 0.146 e. The van der Waals surface area contributed by atoms with Crippen LogP contribution in [0.2, 0.25) is 0 Å². The molecule has 0 rings (SSSR count). The number of rotatable bonds is 10. The van der Waals surface area contributed by atoms with Gasteiger partial charge in [0.1, 0.15) is 6.79 Å². The van der Waals surface area contributed by atoms with Gasteiger partial charge in [0.05, 0.1) is 0 Å². The predicted octanol–water partition coefficient (Wildman–Crippen LogP) is 3.99. The van der Waals surface area contributed by atoms with Gasteiger partial charge in [-0.25, -0.2) is 0 Å². The molecule has 0 fully saturated rings. The summed E-state index contributed by atoms with van der Waals surface area (Å²) >= 11 is 0. The normalized spacial score (nSPS) is 12.0. The molecule has 0 bridgehead atoms. The Labute approximate surface area is 95.3 Å². The Bertz CT molecular complexity index is 118. The van der Waals surface area contributed by atoms with Crippen molar-refractivity contribution >= 4 is 0 Å². The van der Waals surface area contributed by atoms with Gasteiger partial charge in [0.2, 0.25) is 0 Å². The van der Waals surface area contributed by atoms with Gasteiger partial charge in [0.25, 0.3) is 0 Å². The summed E-state index contributed by atoms with van der Waals surface area (Å²) in [7, 11) is 1.66. The van der Waals surface area contributed by atoms with Crippen molar-refractivity contribution in [3.8, 4) is 0 Å². The molecule has 0 aliphatic carbocycles. The monoisotopic (exact) mass is 216 g/mol. The van der Waals surface area contributed by atoms with Crippen LogP contribution in [0.15, 0.2) is 0 Å². The molecule has 0 heterocycles. The highest BCUT2D eigenvalue weighted by Gasteiger charge is 2.16. The minimum Gasteiger partial charge on any atom is -0.359 e. The molecule has 15 heavy (non-hydrogen) atoms. The maximum absolute atomic E-state index is 5.32. The molecule has 92 valence electrons. The molecule has 0 radical (unpaired) electrons. The zero-order valence-corrected chi connectivity index (χ0v) is 11.0. The first-order chi connectivity index (χ1) is 7.12. The topological polar surface area (TPSA) is 18.5 Å². The van der Waals surface area contributed by atoms with Gasteiger partial charge in [0, 0.05) is 13.7 Å². The highest BCUT2D eigenvalue weighted by molar-refractivity contribution is 4.68. The van der Waals surface area contributed by atoms with Crippen LogP contribution < -0.4 is 0 Å². The average molecular weight is 216 g/mol. The molecule has 0 spiro atoms. The quantitative estimate of drug-likeness (QED) is 0.406. The number of ether oxygens (including phenoxy) is 2. The molecule has 0 saturated carbocycles. The van der Waals surface area contributed by atoms with Crippen molar-refractivity contribution in [1.29, 1.82) is 0 Å². The van der Waals surface area contributed by atoms with Gasteiger partial charge in [0.15, 0.2) is 0 Å². The van der Waals surface area contributed by atoms with E-state index < -0.39 is 0 Å². The van der Waals surface area contributed by atoms with Gasteiger partial charge in [-0.2, -0.15) is 0 Å². The Balaban J connectivity index is 3.40. The van der Waals surface area contributed by atoms with Crippen LogP contribution in [-0.4, -0.2) is 20.5 Å². The minimum atomic E-state index is 0.418. The van der Waals surface area contributed by atoms with E-state index in [0.717, 1.165) is 13.0 Å². The van der Waals surface area contributed by atoms with Crippen LogP contribution in [0.25, 0.3) is 0 Å². The molecule has 2 heteroatoms. The van der Waals surface area contributed by atoms with Crippen molar-refractivity contribution in [2.75, 3.05) is 20.5 Å². The second kappa shape index (κ2) is 9.17. The summed E-state index contributed by atoms with van der Waals surface area (Å²) in [4.78, 5) is 0. The fraction of sp³-hybridized carbons (Fsp3) is 1.00. The Morgan fingerprint density at radius 2 is 1.73 bits per heavy atom. The summed E-state index contributed by atoms with van der Waals surface area (Å²) < 4.78 is 10.2. The molecule has 0 aromatic heterocycles. The molecular weight excluding hydrogens is 188 g/mol. The first kappa shape index (κ1) is 14.9. The fourth-order valence-electron chi connectivity index (χ4n) is 1.65. The molecule has 2 nitrogen and oxygen atoms in total. The summed E-state index contributed by atoms with van der Waals surface area (Å²) in [5.41, 5.74) is 0.418. The third-order valence-electron chi connectivity index (χ3n) is 2.83. The molecule has 0 amide bonds. The molecule has 0 saturated heterocycles. The van der Waals surface area contributed by atoms with E-state index in [1.54, 1.807) is 7.11 Å². The third kappa shape index (κ3) is 10.2. The molecular formula is C13H28O2. The van der Waals surface area contributed by atoms with Gasteiger partial charge >= 0.3 is 0 Å². The van der Waals surface area contributed by atoms with E-state index in [9.17, 15) is 0 Å². The molecule has 0 aromatic carbocycles. The summed E-state index contributed by atoms with van der Waals surface area (Å²) in [5.74, 6) is 0. The fourth-order valence-corrected chi connectivity index (χ4v) is 1.65. The highest BCUT2D eigenvalue weighted by Crippen LogP contribution is 2.27. The zero-order chi connectivity index (χ0) is 11.6. The first-order valence-corrected chi connectivity index (χ1v) is 6.19. The molecule has 0 unspecified atom stereocenters. The first-order valence-electron chi connectivity index (χ1n) is 6.19. The third-order valence-corrected chi connectivity index (χ3v) is 2.83. The summed E-state index contributed by atoms with van der Waals surface area (Å²) in [5, 5.41) is 0. The van der Waals surface area contributed by atoms with Crippen LogP contribution in [0.5, 0.6) is 0 Å². The highest BCUT2D eigenvalue weighted by atomic mass is 16.7. The lowest BCUT2D eigenvalue weighted by molar-refractivity contribution is -0.0389. The van der Waals surface area contributed by atoms with Crippen molar-refractivity contribution in [2.45, 2.75) is 59.3 Å². The van der Waals surface area contributed by atoms with Crippen LogP contribution in [0, 0.1) is 5.41 Å². The lowest BCUT2D eigenvalue weighted by atomic mass is 9.84. The Morgan fingerprint density at radius 3 is 2.33 bits per heavy atom. The molecule has 0 aliphatic rings. The molecule has 0 atom stereocenters. The maximum atomic E-state index is 5.32. The van der Waals surface area contributed by atoms with Crippen LogP contribution in [-0.2, 0) is 9.47 Å². The Morgan fingerprint density at radius 1 is 1.00 bits per heavy atom. The second-order valence-corrected chi connectivity index (χ2v) is 5.04. The lowest BCUT2D eigenvalue weighted by Crippen LogP contribution is -2.15. The van der Waals surface area contributed by atoms with E-state index in [1.807, 2.05) is 0 Å². The van der Waals surface area contributed by atoms with Gasteiger partial charge in [-0.15, -0.1) is 0 Å². The number of unbranched alkanes of at least 4 members (excludes halogenated alkanes) is 3. The Kier molecular flexibility index (Phi) is 9.12. The lowest BCUT2D eigenvalue weighted by Gasteiger charge is -2.24. The van der Waals surface area contributed by atoms with Crippen LogP contribution >= 0.6 is 0 Å². The number of hydrogen-bond donors (Lipinski definition) is 0. The minimum absolute atomic E-state index is 0.418. The molecule has 0 aromatic rings. The van der Waals surface area contributed by atoms with Crippen LogP contribution in [0.3, 0.4) is 0 Å². The van der Waals surface area contributed by atoms with E-state index >= 15 is 0 Å². The van der Waals surface area contributed by atoms with Crippen molar-refractivity contribution < 1.29 is 9.47 Å². The van der Waals surface area contributed by atoms with E-state index in [2.05, 4.69) is 20.8 Å². The van der Waals surface area contributed by atoms with Crippen LogP contribution in [0.1, 0.15) is 59.3 Å². The van der Waals surface area contributed by atoms with Crippen molar-refractivity contribution in [2.24, 2.45) is 5.41 Å². The van der Waals surface area contributed by atoms with Crippen molar-refractivity contribution in [1.82, 2.24) is 0 Å². The number of methoxy groups -OCH3 is 1. The summed E-state index contributed by atoms with van der Waals surface area (Å²) in [6.45, 7) is 8.15. The van der Waals surface area contributed by atoms with Gasteiger partial charge in [-0.1, -0.05) is 46.5 Å². The average Bonchev–Trinajstić information content (AvgIpc) is 2.20. The van der Waals surface area contributed by atoms with E-state index in [1.165, 1.54) is 32.1 Å². The smallest absolute Gasteiger partial charge is 0.146 e. The van der Waals surface area contributed by atoms with Crippen molar-refractivity contribution in [3.05, 3.63) is 0 Å². The van der Waals surface area contributed by atoms with E-state index in [4.69, 9.17) is 9.47 Å². The second-order valence-electron chi connectivity index (χ2n) is 5.04. The summed E-state index contributed by atoms with van der Waals surface area (Å²) in [6, 6.07) is 0. The predicted molar refractivity (Wildman–Crippen MR) is 65.0 cm³/mol. The Hall–Kier alpha value is -0.0800. The number of hydrogen-bond acceptors (Lipinski definition) is 2. The van der Waals surface area contributed by atoms with E-state index in [0.29, 0.717) is 12.2 Å². The molecule has 0 N–H and O–H groups in total. The van der Waals surface area contributed by atoms with Gasteiger partial charge < -0.3 is 9.47 Å². The zero-order valence-electron chi connectivity index (χ0n) is 11.0. The van der Waals surface area contributed by atoms with Crippen molar-refractivity contribution in [3.63, 3.8) is 0 Å². The van der Waals surface area contributed by atoms with Crippen LogP contribution in [0.4, 0.5) is 0 Å². The van der Waals surface area contributed by atoms with E-state index in [-0.39, 0.29) is 0 Å². The standard InChI is InChI=1S/C13H28O2/c1-5-6-7-8-9-13(2,3)10-11-15-12-14-4/h5-12H2,1-4H3. The largest absolute Gasteiger partial charge is 0.359 e. The summed E-state index contributed by atoms with van der Waals surface area (Å²) in [6.07, 6.45) is 7.85. The SMILES string of the molecule is CCCCCCC(C)(C)CCOCOC.